The molecule has 30 heavy (non-hydrogen) atoms. The van der Waals surface area contributed by atoms with Crippen LogP contribution in [0, 0.1) is 25.2 Å². The molecule has 0 N–H and O–H groups in total. The molecular weight excluding hydrogens is 380 g/mol. The normalized spacial score (nSPS) is 11.6. The molecule has 0 aliphatic heterocycles. The Morgan fingerprint density at radius 1 is 1.13 bits per heavy atom. The quantitative estimate of drug-likeness (QED) is 0.459. The lowest BCUT2D eigenvalue weighted by atomic mass is 9.93. The third kappa shape index (κ3) is 3.80. The van der Waals surface area contributed by atoms with Crippen LogP contribution in [-0.2, 0) is 6.42 Å². The van der Waals surface area contributed by atoms with Crippen molar-refractivity contribution >= 4 is 16.5 Å². The standard InChI is InChI=1S/C23H20N4O3/c1-14-11-18(12-20-22(14)30-27-23(20)28-3)19(17-9-7-16(13-24)8-10-17)5-4-6-21-26-25-15(2)29-21/h5,7-12H,4,6H2,1-3H3/b19-5-. The molecule has 2 heterocycles. The summed E-state index contributed by atoms with van der Waals surface area (Å²) >= 11 is 0. The lowest BCUT2D eigenvalue weighted by Crippen LogP contribution is -1.93. The van der Waals surface area contributed by atoms with Gasteiger partial charge in [0.05, 0.1) is 24.1 Å². The molecule has 0 bridgehead atoms. The number of benzene rings is 2. The minimum atomic E-state index is 0.454. The number of hydrogen-bond donors (Lipinski definition) is 0. The van der Waals surface area contributed by atoms with Crippen molar-refractivity contribution in [2.75, 3.05) is 7.11 Å². The maximum absolute atomic E-state index is 9.12. The van der Waals surface area contributed by atoms with E-state index in [0.29, 0.717) is 35.2 Å². The highest BCUT2D eigenvalue weighted by molar-refractivity contribution is 5.91. The van der Waals surface area contributed by atoms with E-state index in [9.17, 15) is 0 Å². The molecule has 0 fully saturated rings. The average molecular weight is 400 g/mol. The number of hydrogen-bond acceptors (Lipinski definition) is 7. The van der Waals surface area contributed by atoms with Gasteiger partial charge in [0.15, 0.2) is 5.58 Å². The van der Waals surface area contributed by atoms with E-state index in [1.165, 1.54) is 0 Å². The van der Waals surface area contributed by atoms with Crippen molar-refractivity contribution in [2.45, 2.75) is 26.7 Å². The molecule has 7 nitrogen and oxygen atoms in total. The summed E-state index contributed by atoms with van der Waals surface area (Å²) in [6.07, 6.45) is 3.49. The van der Waals surface area contributed by atoms with Crippen molar-refractivity contribution in [3.05, 3.63) is 76.5 Å². The predicted molar refractivity (Wildman–Crippen MR) is 111 cm³/mol. The molecule has 0 aliphatic rings. The summed E-state index contributed by atoms with van der Waals surface area (Å²) in [5.41, 5.74) is 5.33. The van der Waals surface area contributed by atoms with Gasteiger partial charge in [0.25, 0.3) is 5.88 Å². The van der Waals surface area contributed by atoms with Crippen LogP contribution in [0.15, 0.2) is 51.4 Å². The Hall–Kier alpha value is -3.92. The van der Waals surface area contributed by atoms with Gasteiger partial charge in [-0.15, -0.1) is 10.2 Å². The number of nitrogens with zero attached hydrogens (tertiary/aromatic N) is 4. The highest BCUT2D eigenvalue weighted by atomic mass is 16.5. The summed E-state index contributed by atoms with van der Waals surface area (Å²) < 4.78 is 16.3. The first-order valence-electron chi connectivity index (χ1n) is 9.53. The Morgan fingerprint density at radius 2 is 1.93 bits per heavy atom. The lowest BCUT2D eigenvalue weighted by Gasteiger charge is -2.11. The second-order valence-corrected chi connectivity index (χ2v) is 6.92. The smallest absolute Gasteiger partial charge is 0.261 e. The van der Waals surface area contributed by atoms with Crippen LogP contribution in [0.4, 0.5) is 0 Å². The van der Waals surface area contributed by atoms with Crippen LogP contribution in [0.1, 0.15) is 40.5 Å². The second kappa shape index (κ2) is 8.21. The van der Waals surface area contributed by atoms with Crippen LogP contribution in [0.2, 0.25) is 0 Å². The first kappa shape index (κ1) is 19.4. The number of nitriles is 1. The summed E-state index contributed by atoms with van der Waals surface area (Å²) in [7, 11) is 1.57. The van der Waals surface area contributed by atoms with Crippen molar-refractivity contribution in [1.29, 1.82) is 5.26 Å². The molecule has 4 aromatic rings. The van der Waals surface area contributed by atoms with Gasteiger partial charge in [-0.1, -0.05) is 18.2 Å². The molecule has 7 heteroatoms. The van der Waals surface area contributed by atoms with E-state index in [4.69, 9.17) is 18.9 Å². The number of ether oxygens (including phenoxy) is 1. The van der Waals surface area contributed by atoms with E-state index < -0.39 is 0 Å². The minimum absolute atomic E-state index is 0.454. The third-order valence-corrected chi connectivity index (χ3v) is 4.83. The number of methoxy groups -OCH3 is 1. The molecule has 0 atom stereocenters. The maximum Gasteiger partial charge on any atom is 0.261 e. The fourth-order valence-corrected chi connectivity index (χ4v) is 3.40. The first-order valence-corrected chi connectivity index (χ1v) is 9.53. The zero-order valence-corrected chi connectivity index (χ0v) is 17.0. The van der Waals surface area contributed by atoms with Gasteiger partial charge in [-0.3, -0.25) is 0 Å². The van der Waals surface area contributed by atoms with E-state index in [2.05, 4.69) is 33.6 Å². The molecule has 150 valence electrons. The van der Waals surface area contributed by atoms with Crippen LogP contribution in [-0.4, -0.2) is 22.5 Å². The molecular formula is C23H20N4O3. The summed E-state index contributed by atoms with van der Waals surface area (Å²) in [5.74, 6) is 1.62. The number of aryl methyl sites for hydroxylation is 3. The monoisotopic (exact) mass is 400 g/mol. The zero-order valence-electron chi connectivity index (χ0n) is 17.0. The van der Waals surface area contributed by atoms with Crippen LogP contribution in [0.3, 0.4) is 0 Å². The van der Waals surface area contributed by atoms with Crippen LogP contribution in [0.25, 0.3) is 16.5 Å². The molecule has 2 aromatic heterocycles. The fraction of sp³-hybridized carbons (Fsp3) is 0.217. The molecule has 2 aromatic carbocycles. The highest BCUT2D eigenvalue weighted by Gasteiger charge is 2.15. The van der Waals surface area contributed by atoms with E-state index in [-0.39, 0.29) is 0 Å². The molecule has 0 radical (unpaired) electrons. The largest absolute Gasteiger partial charge is 0.478 e. The SMILES string of the molecule is COc1noc2c(C)cc(/C(=C\CCc3nnc(C)o3)c3ccc(C#N)cc3)cc12. The van der Waals surface area contributed by atoms with E-state index in [1.807, 2.05) is 37.3 Å². The van der Waals surface area contributed by atoms with E-state index in [1.54, 1.807) is 14.0 Å². The Bertz CT molecular complexity index is 1260. The Kier molecular flexibility index (Phi) is 5.31. The molecule has 0 saturated heterocycles. The number of aromatic nitrogens is 3. The maximum atomic E-state index is 9.12. The molecule has 0 aliphatic carbocycles. The zero-order chi connectivity index (χ0) is 21.1. The summed E-state index contributed by atoms with van der Waals surface area (Å²) in [5, 5.41) is 21.9. The molecule has 0 saturated carbocycles. The van der Waals surface area contributed by atoms with Crippen molar-refractivity contribution in [3.8, 4) is 11.9 Å². The van der Waals surface area contributed by atoms with Crippen LogP contribution in [0.5, 0.6) is 5.88 Å². The van der Waals surface area contributed by atoms with Gasteiger partial charge in [0, 0.05) is 13.3 Å². The van der Waals surface area contributed by atoms with Gasteiger partial charge in [-0.25, -0.2) is 0 Å². The Balaban J connectivity index is 1.76. The van der Waals surface area contributed by atoms with Gasteiger partial charge in [-0.05, 0) is 65.0 Å². The fourth-order valence-electron chi connectivity index (χ4n) is 3.40. The highest BCUT2D eigenvalue weighted by Crippen LogP contribution is 2.33. The Morgan fingerprint density at radius 3 is 2.60 bits per heavy atom. The van der Waals surface area contributed by atoms with E-state index >= 15 is 0 Å². The topological polar surface area (TPSA) is 98.0 Å². The summed E-state index contributed by atoms with van der Waals surface area (Å²) in [6, 6.07) is 13.8. The first-order chi connectivity index (χ1) is 14.6. The van der Waals surface area contributed by atoms with Gasteiger partial charge in [0.1, 0.15) is 0 Å². The summed E-state index contributed by atoms with van der Waals surface area (Å²) in [6.45, 7) is 3.76. The van der Waals surface area contributed by atoms with Crippen molar-refractivity contribution < 1.29 is 13.7 Å². The van der Waals surface area contributed by atoms with Gasteiger partial charge in [-0.2, -0.15) is 5.26 Å². The minimum Gasteiger partial charge on any atom is -0.478 e. The van der Waals surface area contributed by atoms with Gasteiger partial charge >= 0.3 is 0 Å². The molecule has 0 unspecified atom stereocenters. The molecule has 0 amide bonds. The van der Waals surface area contributed by atoms with Crippen LogP contribution < -0.4 is 4.74 Å². The second-order valence-electron chi connectivity index (χ2n) is 6.92. The molecule has 4 rings (SSSR count). The van der Waals surface area contributed by atoms with Crippen molar-refractivity contribution in [1.82, 2.24) is 15.4 Å². The molecule has 0 spiro atoms. The third-order valence-electron chi connectivity index (χ3n) is 4.83. The van der Waals surface area contributed by atoms with E-state index in [0.717, 1.165) is 34.1 Å². The van der Waals surface area contributed by atoms with Gasteiger partial charge in [0.2, 0.25) is 11.8 Å². The predicted octanol–water partition coefficient (Wildman–Crippen LogP) is 4.77. The van der Waals surface area contributed by atoms with Crippen molar-refractivity contribution in [2.24, 2.45) is 0 Å². The van der Waals surface area contributed by atoms with Crippen molar-refractivity contribution in [3.63, 3.8) is 0 Å². The lowest BCUT2D eigenvalue weighted by molar-refractivity contribution is 0.350. The number of fused-ring (bicyclic) bond motifs is 1. The summed E-state index contributed by atoms with van der Waals surface area (Å²) in [4.78, 5) is 0. The number of allylic oxidation sites excluding steroid dienone is 1. The Labute approximate surface area is 173 Å². The van der Waals surface area contributed by atoms with Gasteiger partial charge < -0.3 is 13.7 Å². The average Bonchev–Trinajstić information content (AvgIpc) is 3.37. The van der Waals surface area contributed by atoms with Crippen LogP contribution >= 0.6 is 0 Å². The number of rotatable bonds is 6.